The number of sulfonamides is 1. The summed E-state index contributed by atoms with van der Waals surface area (Å²) in [6, 6.07) is 14.3. The Hall–Kier alpha value is -2.81. The number of para-hydroxylation sites is 1. The molecule has 0 atom stereocenters. The van der Waals surface area contributed by atoms with E-state index in [1.54, 1.807) is 43.3 Å². The first-order valence-corrected chi connectivity index (χ1v) is 12.6. The molecule has 0 spiro atoms. The van der Waals surface area contributed by atoms with E-state index in [0.29, 0.717) is 15.7 Å². The van der Waals surface area contributed by atoms with Crippen LogP contribution in [0, 0.1) is 20.8 Å². The van der Waals surface area contributed by atoms with Gasteiger partial charge in [0.2, 0.25) is 10.0 Å². The molecular weight excluding hydrogens is 483 g/mol. The molecule has 3 aromatic rings. The van der Waals surface area contributed by atoms with Gasteiger partial charge in [-0.25, -0.2) is 13.8 Å². The van der Waals surface area contributed by atoms with Gasteiger partial charge in [0.15, 0.2) is 0 Å². The standard InChI is InChI=1S/C23H24Cl2N4O3S/c1-15-7-5-6-8-22(15)28(33(4,31)32)14-23(30)27-26-13-18-11-16(2)29(17(18)3)19-9-10-20(24)21(25)12-19/h5-13H,14H2,1-4H3,(H,27,30)/b26-13-. The fourth-order valence-corrected chi connectivity index (χ4v) is 4.71. The minimum Gasteiger partial charge on any atom is -0.318 e. The van der Waals surface area contributed by atoms with E-state index in [9.17, 15) is 13.2 Å². The number of nitrogens with one attached hydrogen (secondary N) is 1. The minimum atomic E-state index is -3.66. The quantitative estimate of drug-likeness (QED) is 0.374. The summed E-state index contributed by atoms with van der Waals surface area (Å²) in [5.41, 5.74) is 7.08. The Morgan fingerprint density at radius 2 is 1.79 bits per heavy atom. The number of rotatable bonds is 7. The molecule has 0 unspecified atom stereocenters. The van der Waals surface area contributed by atoms with Crippen molar-refractivity contribution in [3.05, 3.63) is 81.1 Å². The van der Waals surface area contributed by atoms with Crippen molar-refractivity contribution in [1.82, 2.24) is 9.99 Å². The molecule has 2 aromatic carbocycles. The lowest BCUT2D eigenvalue weighted by atomic mass is 10.2. The number of nitrogens with zero attached hydrogens (tertiary/aromatic N) is 3. The summed E-state index contributed by atoms with van der Waals surface area (Å²) in [7, 11) is -3.66. The summed E-state index contributed by atoms with van der Waals surface area (Å²) in [6.07, 6.45) is 2.58. The Morgan fingerprint density at radius 1 is 1.09 bits per heavy atom. The van der Waals surface area contributed by atoms with Crippen LogP contribution in [-0.2, 0) is 14.8 Å². The zero-order valence-electron chi connectivity index (χ0n) is 18.6. The molecule has 10 heteroatoms. The molecule has 1 N–H and O–H groups in total. The predicted octanol–water partition coefficient (Wildman–Crippen LogP) is 4.63. The maximum Gasteiger partial charge on any atom is 0.260 e. The number of benzene rings is 2. The summed E-state index contributed by atoms with van der Waals surface area (Å²) >= 11 is 12.2. The van der Waals surface area contributed by atoms with Gasteiger partial charge in [0.1, 0.15) is 6.54 Å². The molecule has 0 saturated heterocycles. The van der Waals surface area contributed by atoms with Crippen molar-refractivity contribution in [2.45, 2.75) is 20.8 Å². The first-order valence-electron chi connectivity index (χ1n) is 9.98. The Balaban J connectivity index is 1.76. The summed E-state index contributed by atoms with van der Waals surface area (Å²) < 4.78 is 27.6. The van der Waals surface area contributed by atoms with Crippen molar-refractivity contribution in [2.75, 3.05) is 17.1 Å². The Labute approximate surface area is 203 Å². The number of hydrogen-bond acceptors (Lipinski definition) is 4. The van der Waals surface area contributed by atoms with E-state index in [1.807, 2.05) is 30.5 Å². The van der Waals surface area contributed by atoms with Crippen LogP contribution in [0.25, 0.3) is 5.69 Å². The first-order chi connectivity index (χ1) is 15.5. The normalized spacial score (nSPS) is 11.7. The molecular formula is C23H24Cl2N4O3S. The number of carbonyl (C=O) groups is 1. The molecule has 0 aliphatic rings. The second kappa shape index (κ2) is 9.99. The van der Waals surface area contributed by atoms with E-state index >= 15 is 0 Å². The Kier molecular flexibility index (Phi) is 7.51. The van der Waals surface area contributed by atoms with Gasteiger partial charge in [0.05, 0.1) is 28.2 Å². The van der Waals surface area contributed by atoms with Crippen LogP contribution in [0.5, 0.6) is 0 Å². The van der Waals surface area contributed by atoms with Crippen LogP contribution >= 0.6 is 23.2 Å². The van der Waals surface area contributed by atoms with Crippen molar-refractivity contribution >= 4 is 51.0 Å². The number of amides is 1. The summed E-state index contributed by atoms with van der Waals surface area (Å²) in [4.78, 5) is 12.5. The third-order valence-electron chi connectivity index (χ3n) is 5.10. The molecule has 33 heavy (non-hydrogen) atoms. The second-order valence-electron chi connectivity index (χ2n) is 7.61. The number of aryl methyl sites for hydroxylation is 2. The number of anilines is 1. The predicted molar refractivity (Wildman–Crippen MR) is 134 cm³/mol. The number of carbonyl (C=O) groups excluding carboxylic acids is 1. The van der Waals surface area contributed by atoms with Gasteiger partial charge >= 0.3 is 0 Å². The van der Waals surface area contributed by atoms with E-state index in [1.165, 1.54) is 6.21 Å². The molecule has 1 amide bonds. The van der Waals surface area contributed by atoms with Crippen LogP contribution < -0.4 is 9.73 Å². The largest absolute Gasteiger partial charge is 0.318 e. The highest BCUT2D eigenvalue weighted by atomic mass is 35.5. The summed E-state index contributed by atoms with van der Waals surface area (Å²) in [6.45, 7) is 5.26. The van der Waals surface area contributed by atoms with Crippen molar-refractivity contribution in [1.29, 1.82) is 0 Å². The van der Waals surface area contributed by atoms with Crippen LogP contribution in [-0.4, -0.2) is 37.9 Å². The van der Waals surface area contributed by atoms with Gasteiger partial charge in [-0.2, -0.15) is 5.10 Å². The molecule has 1 aromatic heterocycles. The highest BCUT2D eigenvalue weighted by Crippen LogP contribution is 2.27. The zero-order chi connectivity index (χ0) is 24.3. The Morgan fingerprint density at radius 3 is 2.42 bits per heavy atom. The summed E-state index contributed by atoms with van der Waals surface area (Å²) in [5, 5.41) is 4.95. The number of hydrazone groups is 1. The van der Waals surface area contributed by atoms with E-state index in [4.69, 9.17) is 23.2 Å². The van der Waals surface area contributed by atoms with Gasteiger partial charge in [-0.1, -0.05) is 41.4 Å². The van der Waals surface area contributed by atoms with Gasteiger partial charge < -0.3 is 4.57 Å². The summed E-state index contributed by atoms with van der Waals surface area (Å²) in [5.74, 6) is -0.557. The van der Waals surface area contributed by atoms with E-state index < -0.39 is 15.9 Å². The molecule has 3 rings (SSSR count). The smallest absolute Gasteiger partial charge is 0.260 e. The van der Waals surface area contributed by atoms with Crippen LogP contribution in [0.2, 0.25) is 10.0 Å². The van der Waals surface area contributed by atoms with E-state index in [0.717, 1.165) is 38.8 Å². The highest BCUT2D eigenvalue weighted by molar-refractivity contribution is 7.92. The maximum atomic E-state index is 12.5. The molecule has 0 aliphatic carbocycles. The highest BCUT2D eigenvalue weighted by Gasteiger charge is 2.22. The minimum absolute atomic E-state index is 0.386. The molecule has 0 aliphatic heterocycles. The van der Waals surface area contributed by atoms with Gasteiger partial charge in [0.25, 0.3) is 5.91 Å². The van der Waals surface area contributed by atoms with E-state index in [-0.39, 0.29) is 6.54 Å². The van der Waals surface area contributed by atoms with Crippen LogP contribution in [0.15, 0.2) is 53.6 Å². The maximum absolute atomic E-state index is 12.5. The average molecular weight is 507 g/mol. The molecule has 0 radical (unpaired) electrons. The third kappa shape index (κ3) is 5.76. The van der Waals surface area contributed by atoms with Crippen LogP contribution in [0.1, 0.15) is 22.5 Å². The Bertz CT molecular complexity index is 1330. The van der Waals surface area contributed by atoms with Gasteiger partial charge in [-0.3, -0.25) is 9.10 Å². The first kappa shape index (κ1) is 24.8. The molecule has 0 fully saturated rings. The lowest BCUT2D eigenvalue weighted by Gasteiger charge is -2.23. The lowest BCUT2D eigenvalue weighted by Crippen LogP contribution is -2.39. The van der Waals surface area contributed by atoms with Gasteiger partial charge in [-0.05, 0) is 56.7 Å². The topological polar surface area (TPSA) is 83.8 Å². The molecule has 174 valence electrons. The van der Waals surface area contributed by atoms with Gasteiger partial charge in [-0.15, -0.1) is 0 Å². The van der Waals surface area contributed by atoms with Crippen molar-refractivity contribution in [3.8, 4) is 5.69 Å². The fraction of sp³-hybridized carbons (Fsp3) is 0.217. The lowest BCUT2D eigenvalue weighted by molar-refractivity contribution is -0.119. The number of aromatic nitrogens is 1. The van der Waals surface area contributed by atoms with Crippen molar-refractivity contribution < 1.29 is 13.2 Å². The zero-order valence-corrected chi connectivity index (χ0v) is 21.0. The van der Waals surface area contributed by atoms with Crippen molar-refractivity contribution in [3.63, 3.8) is 0 Å². The van der Waals surface area contributed by atoms with Crippen LogP contribution in [0.4, 0.5) is 5.69 Å². The molecule has 0 bridgehead atoms. The SMILES string of the molecule is Cc1ccccc1N(CC(=O)N/N=C\c1cc(C)n(-c2ccc(Cl)c(Cl)c2)c1C)S(C)(=O)=O. The fourth-order valence-electron chi connectivity index (χ4n) is 3.50. The molecule has 7 nitrogen and oxygen atoms in total. The van der Waals surface area contributed by atoms with Crippen molar-refractivity contribution in [2.24, 2.45) is 5.10 Å². The number of halogens is 2. The second-order valence-corrected chi connectivity index (χ2v) is 10.3. The molecule has 1 heterocycles. The average Bonchev–Trinajstić information content (AvgIpc) is 3.01. The monoisotopic (exact) mass is 506 g/mol. The van der Waals surface area contributed by atoms with Gasteiger partial charge in [0, 0.05) is 22.6 Å². The van der Waals surface area contributed by atoms with Crippen LogP contribution in [0.3, 0.4) is 0 Å². The van der Waals surface area contributed by atoms with E-state index in [2.05, 4.69) is 10.5 Å². The number of hydrogen-bond donors (Lipinski definition) is 1. The molecule has 0 saturated carbocycles. The third-order valence-corrected chi connectivity index (χ3v) is 6.96.